The van der Waals surface area contributed by atoms with E-state index >= 15 is 0 Å². The molecule has 0 aromatic heterocycles. The molecule has 0 heterocycles. The second kappa shape index (κ2) is 7.88. The molecule has 0 aliphatic carbocycles. The minimum absolute atomic E-state index is 0.255. The Morgan fingerprint density at radius 2 is 1.12 bits per heavy atom. The summed E-state index contributed by atoms with van der Waals surface area (Å²) in [7, 11) is 0. The van der Waals surface area contributed by atoms with E-state index < -0.39 is 6.04 Å². The summed E-state index contributed by atoms with van der Waals surface area (Å²) in [5.41, 5.74) is 9.37. The fraction of sp³-hybridized carbons (Fsp3) is 0.0909. The summed E-state index contributed by atoms with van der Waals surface area (Å²) in [6.45, 7) is -0.355. The number of hydrogen-bond donors (Lipinski definition) is 2. The highest BCUT2D eigenvalue weighted by Crippen LogP contribution is 2.30. The lowest BCUT2D eigenvalue weighted by molar-refractivity contribution is 0.0925. The van der Waals surface area contributed by atoms with Crippen LogP contribution in [-0.4, -0.2) is 23.5 Å². The van der Waals surface area contributed by atoms with Crippen molar-refractivity contribution in [3.63, 3.8) is 0 Å². The molecule has 125 valence electrons. The smallest absolute Gasteiger partial charge is 0.181 e. The molecule has 0 aliphatic heterocycles. The van der Waals surface area contributed by atoms with E-state index in [0.29, 0.717) is 5.56 Å². The maximum atomic E-state index is 12.1. The lowest BCUT2D eigenvalue weighted by Crippen LogP contribution is -2.33. The molecule has 3 rings (SSSR count). The van der Waals surface area contributed by atoms with Crippen molar-refractivity contribution in [2.45, 2.75) is 6.04 Å². The number of aliphatic hydroxyl groups is 1. The third kappa shape index (κ3) is 3.85. The molecule has 0 saturated heterocycles. The minimum Gasteiger partial charge on any atom is -0.394 e. The van der Waals surface area contributed by atoms with Crippen molar-refractivity contribution in [2.24, 2.45) is 5.73 Å². The molecule has 3 aromatic carbocycles. The van der Waals surface area contributed by atoms with E-state index in [1.807, 2.05) is 48.5 Å². The van der Waals surface area contributed by atoms with Gasteiger partial charge in [0.1, 0.15) is 0 Å². The highest BCUT2D eigenvalue weighted by Gasteiger charge is 2.19. The van der Waals surface area contributed by atoms with Gasteiger partial charge in [0.25, 0.3) is 0 Å². The number of nitrogens with two attached hydrogens (primary N) is 1. The van der Waals surface area contributed by atoms with E-state index in [4.69, 9.17) is 10.8 Å². The first kappa shape index (κ1) is 17.1. The predicted molar refractivity (Wildman–Crippen MR) is 99.3 cm³/mol. The highest BCUT2D eigenvalue weighted by atomic mass is 16.3. The molecule has 0 spiro atoms. The zero-order chi connectivity index (χ0) is 17.6. The quantitative estimate of drug-likeness (QED) is 0.539. The van der Waals surface area contributed by atoms with Crippen molar-refractivity contribution in [3.05, 3.63) is 113 Å². The topological polar surface area (TPSA) is 63.3 Å². The Balaban J connectivity index is 1.99. The summed E-state index contributed by atoms with van der Waals surface area (Å²) in [6, 6.07) is 26.8. The number of carbonyl (C=O) groups excluding carboxylic acids is 1. The maximum Gasteiger partial charge on any atom is 0.181 e. The van der Waals surface area contributed by atoms with Gasteiger partial charge in [-0.3, -0.25) is 4.79 Å². The highest BCUT2D eigenvalue weighted by molar-refractivity contribution is 6.00. The Hall–Kier alpha value is -2.75. The van der Waals surface area contributed by atoms with Crippen LogP contribution >= 0.6 is 0 Å². The number of Topliss-reactive ketones (excluding diaryl/α,β-unsaturated/α-hetero) is 1. The lowest BCUT2D eigenvalue weighted by Gasteiger charge is -2.18. The monoisotopic (exact) mass is 330 g/mol. The predicted octanol–water partition coefficient (Wildman–Crippen LogP) is 3.21. The number of rotatable bonds is 6. The molecule has 25 heavy (non-hydrogen) atoms. The van der Waals surface area contributed by atoms with Gasteiger partial charge in [0.2, 0.25) is 0 Å². The van der Waals surface area contributed by atoms with Crippen LogP contribution in [0.5, 0.6) is 0 Å². The van der Waals surface area contributed by atoms with Crippen LogP contribution in [-0.2, 0) is 0 Å². The van der Waals surface area contributed by atoms with E-state index in [-0.39, 0.29) is 12.4 Å². The molecule has 3 N–H and O–H groups in total. The molecule has 3 aromatic rings. The summed E-state index contributed by atoms with van der Waals surface area (Å²) in [5, 5.41) is 9.06. The van der Waals surface area contributed by atoms with Crippen molar-refractivity contribution >= 4 is 5.78 Å². The third-order valence-electron chi connectivity index (χ3n) is 4.12. The SMILES string of the molecule is N[C@@H](CO)C(=O)c1ccc([C](c2ccccc2)c2ccccc2)cc1. The normalized spacial score (nSPS) is 12.1. The largest absolute Gasteiger partial charge is 0.394 e. The van der Waals surface area contributed by atoms with Gasteiger partial charge >= 0.3 is 0 Å². The molecular weight excluding hydrogens is 310 g/mol. The van der Waals surface area contributed by atoms with Gasteiger partial charge in [-0.1, -0.05) is 84.9 Å². The lowest BCUT2D eigenvalue weighted by atomic mass is 9.84. The molecule has 0 unspecified atom stereocenters. The summed E-state index contributed by atoms with van der Waals surface area (Å²) >= 11 is 0. The van der Waals surface area contributed by atoms with Crippen LogP contribution in [0.2, 0.25) is 0 Å². The Labute approximate surface area is 147 Å². The van der Waals surface area contributed by atoms with Crippen LogP contribution in [0.25, 0.3) is 0 Å². The first-order chi connectivity index (χ1) is 12.2. The average Bonchev–Trinajstić information content (AvgIpc) is 2.69. The van der Waals surface area contributed by atoms with E-state index in [2.05, 4.69) is 24.3 Å². The van der Waals surface area contributed by atoms with Gasteiger partial charge in [-0.05, 0) is 16.7 Å². The van der Waals surface area contributed by atoms with Gasteiger partial charge in [0.15, 0.2) is 5.78 Å². The number of hydrogen-bond acceptors (Lipinski definition) is 3. The van der Waals surface area contributed by atoms with Gasteiger partial charge in [-0.15, -0.1) is 0 Å². The summed E-state index contributed by atoms with van der Waals surface area (Å²) in [5.74, 6) is 0.849. The standard InChI is InChI=1S/C22H20NO2/c23-20(15-24)22(25)19-13-11-18(12-14-19)21(16-7-3-1-4-8-16)17-9-5-2-6-10-17/h1-14,20,24H,15,23H2/t20-/m0/s1. The van der Waals surface area contributed by atoms with Gasteiger partial charge < -0.3 is 10.8 Å². The Kier molecular flexibility index (Phi) is 5.39. The van der Waals surface area contributed by atoms with E-state index in [1.54, 1.807) is 12.1 Å². The van der Waals surface area contributed by atoms with Gasteiger partial charge in [-0.25, -0.2) is 0 Å². The third-order valence-corrected chi connectivity index (χ3v) is 4.12. The maximum absolute atomic E-state index is 12.1. The second-order valence-corrected chi connectivity index (χ2v) is 5.84. The van der Waals surface area contributed by atoms with Crippen LogP contribution in [0.15, 0.2) is 84.9 Å². The molecule has 0 bridgehead atoms. The first-order valence-electron chi connectivity index (χ1n) is 8.19. The van der Waals surface area contributed by atoms with E-state index in [9.17, 15) is 4.79 Å². The molecule has 1 atom stereocenters. The fourth-order valence-electron chi connectivity index (χ4n) is 2.81. The van der Waals surface area contributed by atoms with Crippen molar-refractivity contribution < 1.29 is 9.90 Å². The zero-order valence-corrected chi connectivity index (χ0v) is 13.8. The summed E-state index contributed by atoms with van der Waals surface area (Å²) < 4.78 is 0. The molecule has 1 radical (unpaired) electrons. The van der Waals surface area contributed by atoms with Crippen molar-refractivity contribution in [2.75, 3.05) is 6.61 Å². The summed E-state index contributed by atoms with van der Waals surface area (Å²) in [4.78, 5) is 12.1. The Morgan fingerprint density at radius 3 is 1.56 bits per heavy atom. The first-order valence-corrected chi connectivity index (χ1v) is 8.19. The second-order valence-electron chi connectivity index (χ2n) is 5.84. The van der Waals surface area contributed by atoms with Crippen LogP contribution in [0.4, 0.5) is 0 Å². The van der Waals surface area contributed by atoms with E-state index in [1.165, 1.54) is 0 Å². The molecule has 0 saturated carbocycles. The molecular formula is C22H20NO2. The van der Waals surface area contributed by atoms with E-state index in [0.717, 1.165) is 22.6 Å². The van der Waals surface area contributed by atoms with Crippen LogP contribution in [0.3, 0.4) is 0 Å². The van der Waals surface area contributed by atoms with Gasteiger partial charge in [0.05, 0.1) is 18.6 Å². The van der Waals surface area contributed by atoms with Crippen molar-refractivity contribution in [1.82, 2.24) is 0 Å². The summed E-state index contributed by atoms with van der Waals surface area (Å²) in [6.07, 6.45) is 0. The van der Waals surface area contributed by atoms with Gasteiger partial charge in [-0.2, -0.15) is 0 Å². The average molecular weight is 330 g/mol. The molecule has 0 amide bonds. The molecule has 3 heteroatoms. The molecule has 0 aliphatic rings. The Bertz CT molecular complexity index is 774. The van der Waals surface area contributed by atoms with Crippen molar-refractivity contribution in [1.29, 1.82) is 0 Å². The molecule has 3 nitrogen and oxygen atoms in total. The number of ketones is 1. The van der Waals surface area contributed by atoms with Crippen LogP contribution in [0, 0.1) is 5.92 Å². The zero-order valence-electron chi connectivity index (χ0n) is 13.8. The fourth-order valence-corrected chi connectivity index (χ4v) is 2.81. The number of carbonyl (C=O) groups is 1. The minimum atomic E-state index is -0.877. The molecule has 0 fully saturated rings. The number of aliphatic hydroxyl groups excluding tert-OH is 1. The van der Waals surface area contributed by atoms with Crippen LogP contribution < -0.4 is 5.73 Å². The van der Waals surface area contributed by atoms with Crippen LogP contribution in [0.1, 0.15) is 27.0 Å². The van der Waals surface area contributed by atoms with Crippen molar-refractivity contribution in [3.8, 4) is 0 Å². The van der Waals surface area contributed by atoms with Gasteiger partial charge in [0, 0.05) is 5.56 Å². The number of benzene rings is 3. The Morgan fingerprint density at radius 1 is 0.720 bits per heavy atom.